The number of hydrogen-bond acceptors (Lipinski definition) is 4. The Morgan fingerprint density at radius 2 is 1.83 bits per heavy atom. The van der Waals surface area contributed by atoms with Crippen molar-refractivity contribution < 1.29 is 14.1 Å². The van der Waals surface area contributed by atoms with E-state index >= 15 is 0 Å². The number of hydrogen-bond donors (Lipinski definition) is 1. The van der Waals surface area contributed by atoms with Gasteiger partial charge in [0.15, 0.2) is 5.78 Å². The first kappa shape index (κ1) is 19.2. The summed E-state index contributed by atoms with van der Waals surface area (Å²) in [7, 11) is 1.44. The lowest BCUT2D eigenvalue weighted by atomic mass is 9.77. The van der Waals surface area contributed by atoms with Gasteiger partial charge in [-0.2, -0.15) is 0 Å². The summed E-state index contributed by atoms with van der Waals surface area (Å²) in [5.74, 6) is -0.00571. The van der Waals surface area contributed by atoms with E-state index in [1.807, 2.05) is 46.9 Å². The van der Waals surface area contributed by atoms with Crippen LogP contribution in [0.25, 0.3) is 6.08 Å². The molecule has 6 heteroatoms. The van der Waals surface area contributed by atoms with E-state index in [4.69, 9.17) is 20.9 Å². The first-order valence-corrected chi connectivity index (χ1v) is 8.46. The maximum absolute atomic E-state index is 11.5. The van der Waals surface area contributed by atoms with E-state index in [1.54, 1.807) is 12.1 Å². The van der Waals surface area contributed by atoms with Crippen molar-refractivity contribution in [2.24, 2.45) is 0 Å². The molecule has 0 bridgehead atoms. The molecule has 24 heavy (non-hydrogen) atoms. The van der Waals surface area contributed by atoms with Gasteiger partial charge in [0.05, 0.1) is 11.2 Å². The second-order valence-electron chi connectivity index (χ2n) is 7.13. The number of carbonyl (C=O) groups is 1. The third-order valence-corrected chi connectivity index (χ3v) is 5.01. The molecule has 0 aromatic heterocycles. The lowest BCUT2D eigenvalue weighted by molar-refractivity contribution is 0.00578. The van der Waals surface area contributed by atoms with E-state index in [9.17, 15) is 4.79 Å². The SMILES string of the molecule is CNCC(=Cc1ccc(C(C)=O)cc1Cl)B1OC(C)(C)C(C)(C)O1. The molecule has 1 heterocycles. The van der Waals surface area contributed by atoms with Crippen molar-refractivity contribution in [2.45, 2.75) is 45.8 Å². The predicted molar refractivity (Wildman–Crippen MR) is 99.4 cm³/mol. The molecule has 130 valence electrons. The maximum Gasteiger partial charge on any atom is 0.491 e. The first-order chi connectivity index (χ1) is 11.1. The van der Waals surface area contributed by atoms with Gasteiger partial charge in [0, 0.05) is 17.1 Å². The molecule has 0 radical (unpaired) electrons. The average Bonchev–Trinajstić information content (AvgIpc) is 2.68. The Kier molecular flexibility index (Phi) is 5.60. The molecular formula is C18H25BClNO3. The van der Waals surface area contributed by atoms with E-state index in [2.05, 4.69) is 5.32 Å². The topological polar surface area (TPSA) is 47.6 Å². The number of nitrogens with one attached hydrogen (secondary N) is 1. The van der Waals surface area contributed by atoms with Crippen LogP contribution in [0.3, 0.4) is 0 Å². The van der Waals surface area contributed by atoms with Crippen LogP contribution in [0.4, 0.5) is 0 Å². The highest BCUT2D eigenvalue weighted by molar-refractivity contribution is 6.56. The number of carbonyl (C=O) groups excluding carboxylic acids is 1. The monoisotopic (exact) mass is 349 g/mol. The molecule has 2 rings (SSSR count). The van der Waals surface area contributed by atoms with Crippen LogP contribution < -0.4 is 5.32 Å². The van der Waals surface area contributed by atoms with Gasteiger partial charge >= 0.3 is 7.12 Å². The Morgan fingerprint density at radius 3 is 2.29 bits per heavy atom. The first-order valence-electron chi connectivity index (χ1n) is 8.08. The lowest BCUT2D eigenvalue weighted by Crippen LogP contribution is -2.41. The van der Waals surface area contributed by atoms with Crippen LogP contribution in [0.15, 0.2) is 23.7 Å². The molecule has 0 atom stereocenters. The molecule has 1 aliphatic heterocycles. The van der Waals surface area contributed by atoms with Crippen molar-refractivity contribution in [1.29, 1.82) is 0 Å². The van der Waals surface area contributed by atoms with Gasteiger partial charge < -0.3 is 14.6 Å². The van der Waals surface area contributed by atoms with Crippen molar-refractivity contribution >= 4 is 30.6 Å². The summed E-state index contributed by atoms with van der Waals surface area (Å²) in [6.45, 7) is 10.2. The number of likely N-dealkylation sites (N-methyl/N-ethyl adjacent to an activating group) is 1. The fourth-order valence-corrected chi connectivity index (χ4v) is 2.70. The molecule has 0 spiro atoms. The normalized spacial score (nSPS) is 19.6. The molecule has 1 aromatic carbocycles. The van der Waals surface area contributed by atoms with E-state index in [-0.39, 0.29) is 5.78 Å². The summed E-state index contributed by atoms with van der Waals surface area (Å²) in [5.41, 5.74) is 1.60. The van der Waals surface area contributed by atoms with Gasteiger partial charge in [0.1, 0.15) is 0 Å². The van der Waals surface area contributed by atoms with Crippen LogP contribution in [0.5, 0.6) is 0 Å². The quantitative estimate of drug-likeness (QED) is 0.649. The zero-order valence-electron chi connectivity index (χ0n) is 15.2. The standard InChI is InChI=1S/C18H25BClNO3/c1-12(22)13-7-8-14(16(20)10-13)9-15(11-21-6)19-23-17(2,3)18(4,5)24-19/h7-10,21H,11H2,1-6H3. The van der Waals surface area contributed by atoms with Crippen LogP contribution in [0, 0.1) is 0 Å². The van der Waals surface area contributed by atoms with Gasteiger partial charge in [-0.1, -0.05) is 29.8 Å². The Bertz CT molecular complexity index is 654. The van der Waals surface area contributed by atoms with E-state index < -0.39 is 18.3 Å². The molecular weight excluding hydrogens is 324 g/mol. The summed E-state index contributed by atoms with van der Waals surface area (Å²) >= 11 is 6.34. The highest BCUT2D eigenvalue weighted by Gasteiger charge is 2.52. The van der Waals surface area contributed by atoms with Crippen molar-refractivity contribution in [1.82, 2.24) is 5.32 Å². The molecule has 0 amide bonds. The third-order valence-electron chi connectivity index (χ3n) is 4.68. The van der Waals surface area contributed by atoms with E-state index in [0.29, 0.717) is 17.1 Å². The van der Waals surface area contributed by atoms with Gasteiger partial charge in [0.2, 0.25) is 0 Å². The lowest BCUT2D eigenvalue weighted by Gasteiger charge is -2.32. The Morgan fingerprint density at radius 1 is 1.25 bits per heavy atom. The smallest absolute Gasteiger partial charge is 0.400 e. The van der Waals surface area contributed by atoms with E-state index in [0.717, 1.165) is 11.0 Å². The molecule has 0 unspecified atom stereocenters. The van der Waals surface area contributed by atoms with Crippen LogP contribution >= 0.6 is 11.6 Å². The minimum Gasteiger partial charge on any atom is -0.400 e. The zero-order valence-corrected chi connectivity index (χ0v) is 16.0. The molecule has 1 N–H and O–H groups in total. The van der Waals surface area contributed by atoms with Gasteiger partial charge in [-0.15, -0.1) is 0 Å². The average molecular weight is 350 g/mol. The van der Waals surface area contributed by atoms with Gasteiger partial charge in [0.25, 0.3) is 0 Å². The molecule has 0 saturated carbocycles. The largest absolute Gasteiger partial charge is 0.491 e. The Balaban J connectivity index is 2.35. The van der Waals surface area contributed by atoms with Crippen molar-refractivity contribution in [3.05, 3.63) is 39.8 Å². The second-order valence-corrected chi connectivity index (χ2v) is 7.54. The second kappa shape index (κ2) is 7.00. The summed E-state index contributed by atoms with van der Waals surface area (Å²) < 4.78 is 12.3. The van der Waals surface area contributed by atoms with Crippen LogP contribution in [-0.2, 0) is 9.31 Å². The number of ketones is 1. The van der Waals surface area contributed by atoms with Crippen molar-refractivity contribution in [3.63, 3.8) is 0 Å². The summed E-state index contributed by atoms with van der Waals surface area (Å²) in [5, 5.41) is 3.68. The molecule has 1 saturated heterocycles. The van der Waals surface area contributed by atoms with Crippen LogP contribution in [0.2, 0.25) is 5.02 Å². The minimum absolute atomic E-state index is 0.00571. The van der Waals surface area contributed by atoms with Gasteiger partial charge in [-0.05, 0) is 58.8 Å². The minimum atomic E-state index is -0.439. The molecule has 1 aromatic rings. The molecule has 1 fully saturated rings. The van der Waals surface area contributed by atoms with Crippen molar-refractivity contribution in [2.75, 3.05) is 13.6 Å². The number of Topliss-reactive ketones (excluding diaryl/α,β-unsaturated/α-hetero) is 1. The molecule has 1 aliphatic rings. The number of rotatable bonds is 5. The summed E-state index contributed by atoms with van der Waals surface area (Å²) in [4.78, 5) is 11.5. The predicted octanol–water partition coefficient (Wildman–Crippen LogP) is 3.78. The molecule has 0 aliphatic carbocycles. The van der Waals surface area contributed by atoms with Crippen LogP contribution in [-0.4, -0.2) is 37.7 Å². The Labute approximate surface area is 149 Å². The fraction of sp³-hybridized carbons (Fsp3) is 0.500. The van der Waals surface area contributed by atoms with Gasteiger partial charge in [-0.3, -0.25) is 4.79 Å². The number of halogens is 1. The third kappa shape index (κ3) is 3.91. The van der Waals surface area contributed by atoms with Crippen LogP contribution in [0.1, 0.15) is 50.5 Å². The Hall–Kier alpha value is -1.14. The van der Waals surface area contributed by atoms with Gasteiger partial charge in [-0.25, -0.2) is 0 Å². The maximum atomic E-state index is 11.5. The highest BCUT2D eigenvalue weighted by atomic mass is 35.5. The van der Waals surface area contributed by atoms with Crippen molar-refractivity contribution in [3.8, 4) is 0 Å². The molecule has 4 nitrogen and oxygen atoms in total. The fourth-order valence-electron chi connectivity index (χ4n) is 2.46. The summed E-state index contributed by atoms with van der Waals surface area (Å²) in [6.07, 6.45) is 1.96. The zero-order chi connectivity index (χ0) is 18.1. The summed E-state index contributed by atoms with van der Waals surface area (Å²) in [6, 6.07) is 5.32. The number of benzene rings is 1. The van der Waals surface area contributed by atoms with E-state index in [1.165, 1.54) is 6.92 Å². The highest BCUT2D eigenvalue weighted by Crippen LogP contribution is 2.39.